The van der Waals surface area contributed by atoms with Gasteiger partial charge in [-0.25, -0.2) is 0 Å². The van der Waals surface area contributed by atoms with Crippen molar-refractivity contribution in [1.82, 2.24) is 0 Å². The number of rotatable bonds is 4. The predicted molar refractivity (Wildman–Crippen MR) is 153 cm³/mol. The molecule has 7 aromatic rings. The van der Waals surface area contributed by atoms with Crippen molar-refractivity contribution in [1.29, 1.82) is 0 Å². The van der Waals surface area contributed by atoms with Crippen molar-refractivity contribution < 1.29 is 9.36 Å². The maximum Gasteiger partial charge on any atom is 0.227 e. The minimum Gasteiger partial charge on any atom is -0.287 e. The Bertz CT molecular complexity index is 1970. The number of Topliss-reactive ketones (excluding diaryl/α,β-unsaturated/α-hetero) is 1. The van der Waals surface area contributed by atoms with Gasteiger partial charge in [0.15, 0.2) is 0 Å². The molecule has 2 nitrogen and oxygen atoms in total. The van der Waals surface area contributed by atoms with E-state index < -0.39 is 0 Å². The maximum atomic E-state index is 13.5. The second kappa shape index (κ2) is 8.69. The minimum absolute atomic E-state index is 0.0956. The molecule has 1 aromatic heterocycles. The van der Waals surface area contributed by atoms with Gasteiger partial charge in [-0.3, -0.25) is 4.79 Å². The standard InChI is InChI=1S/C35H24NO/c37-34(25-11-2-1-3-12-25)23-36-32-17-9-7-10-24(32)18-19-33(36)35-30-16-8-6-15-28(30)21-29-20-26-13-4-5-14-27(26)22-31(29)35/h1-22H,23H2/q+1. The molecule has 0 aliphatic rings. The van der Waals surface area contributed by atoms with Crippen molar-refractivity contribution in [2.45, 2.75) is 6.54 Å². The van der Waals surface area contributed by atoms with Crippen molar-refractivity contribution >= 4 is 49.0 Å². The molecule has 0 aliphatic carbocycles. The van der Waals surface area contributed by atoms with Gasteiger partial charge in [-0.1, -0.05) is 91.0 Å². The summed E-state index contributed by atoms with van der Waals surface area (Å²) in [6.07, 6.45) is 0. The third kappa shape index (κ3) is 3.66. The fourth-order valence-corrected chi connectivity index (χ4v) is 5.54. The zero-order valence-corrected chi connectivity index (χ0v) is 20.3. The van der Waals surface area contributed by atoms with Crippen LogP contribution in [0.2, 0.25) is 0 Å². The summed E-state index contributed by atoms with van der Waals surface area (Å²) in [4.78, 5) is 13.5. The lowest BCUT2D eigenvalue weighted by Gasteiger charge is -2.14. The summed E-state index contributed by atoms with van der Waals surface area (Å²) in [6, 6.07) is 46.2. The zero-order valence-electron chi connectivity index (χ0n) is 20.3. The minimum atomic E-state index is 0.0956. The van der Waals surface area contributed by atoms with Crippen LogP contribution in [0.15, 0.2) is 133 Å². The van der Waals surface area contributed by atoms with Gasteiger partial charge in [-0.05, 0) is 62.6 Å². The number of pyridine rings is 1. The Balaban J connectivity index is 1.58. The van der Waals surface area contributed by atoms with Crippen LogP contribution in [0.1, 0.15) is 10.4 Å². The topological polar surface area (TPSA) is 20.9 Å². The molecule has 174 valence electrons. The number of ketones is 1. The number of fused-ring (bicyclic) bond motifs is 4. The predicted octanol–water partition coefficient (Wildman–Crippen LogP) is 8.14. The molecule has 0 aliphatic heterocycles. The fraction of sp³-hybridized carbons (Fsp3) is 0.0286. The van der Waals surface area contributed by atoms with Gasteiger partial charge in [0.2, 0.25) is 23.5 Å². The molecule has 0 bridgehead atoms. The lowest BCUT2D eigenvalue weighted by Crippen LogP contribution is -2.41. The van der Waals surface area contributed by atoms with Crippen LogP contribution in [-0.4, -0.2) is 5.78 Å². The smallest absolute Gasteiger partial charge is 0.227 e. The lowest BCUT2D eigenvalue weighted by atomic mass is 9.92. The van der Waals surface area contributed by atoms with Crippen LogP contribution in [0.5, 0.6) is 0 Å². The summed E-state index contributed by atoms with van der Waals surface area (Å²) in [5, 5.41) is 8.30. The molecule has 37 heavy (non-hydrogen) atoms. The average molecular weight is 475 g/mol. The van der Waals surface area contributed by atoms with Crippen LogP contribution in [0.25, 0.3) is 54.5 Å². The number of carbonyl (C=O) groups is 1. The van der Waals surface area contributed by atoms with E-state index in [1.165, 1.54) is 32.3 Å². The summed E-state index contributed by atoms with van der Waals surface area (Å²) in [5.41, 5.74) is 3.97. The molecule has 6 aromatic carbocycles. The van der Waals surface area contributed by atoms with Crippen molar-refractivity contribution in [3.8, 4) is 11.3 Å². The molecule has 0 saturated heterocycles. The third-order valence-corrected chi connectivity index (χ3v) is 7.32. The van der Waals surface area contributed by atoms with Gasteiger partial charge < -0.3 is 0 Å². The normalized spacial score (nSPS) is 11.5. The fourth-order valence-electron chi connectivity index (χ4n) is 5.54. The molecule has 0 radical (unpaired) electrons. The lowest BCUT2D eigenvalue weighted by molar-refractivity contribution is -0.645. The highest BCUT2D eigenvalue weighted by atomic mass is 16.1. The van der Waals surface area contributed by atoms with E-state index in [9.17, 15) is 4.79 Å². The second-order valence-electron chi connectivity index (χ2n) is 9.55. The van der Waals surface area contributed by atoms with Crippen LogP contribution in [0.4, 0.5) is 0 Å². The van der Waals surface area contributed by atoms with Crippen LogP contribution >= 0.6 is 0 Å². The Morgan fingerprint density at radius 3 is 1.95 bits per heavy atom. The van der Waals surface area contributed by atoms with E-state index in [0.717, 1.165) is 27.7 Å². The van der Waals surface area contributed by atoms with Crippen molar-refractivity contribution in [2.75, 3.05) is 0 Å². The van der Waals surface area contributed by atoms with E-state index in [-0.39, 0.29) is 12.3 Å². The highest BCUT2D eigenvalue weighted by Gasteiger charge is 2.24. The summed E-state index contributed by atoms with van der Waals surface area (Å²) in [7, 11) is 0. The Morgan fingerprint density at radius 1 is 0.514 bits per heavy atom. The first kappa shape index (κ1) is 21.5. The molecule has 0 saturated carbocycles. The Hall–Kier alpha value is -4.82. The van der Waals surface area contributed by atoms with E-state index >= 15 is 0 Å². The van der Waals surface area contributed by atoms with E-state index in [0.29, 0.717) is 0 Å². The van der Waals surface area contributed by atoms with Crippen LogP contribution in [-0.2, 0) is 6.54 Å². The van der Waals surface area contributed by atoms with Crippen LogP contribution in [0, 0.1) is 0 Å². The number of hydrogen-bond acceptors (Lipinski definition) is 1. The van der Waals surface area contributed by atoms with Gasteiger partial charge in [-0.15, -0.1) is 0 Å². The number of aromatic nitrogens is 1. The first-order chi connectivity index (χ1) is 18.3. The SMILES string of the molecule is O=C(C[n+]1c(-c2c3ccccc3cc3cc4ccccc4cc23)ccc2ccccc21)c1ccccc1. The van der Waals surface area contributed by atoms with Gasteiger partial charge in [0.1, 0.15) is 0 Å². The molecule has 0 spiro atoms. The quantitative estimate of drug-likeness (QED) is 0.143. The largest absolute Gasteiger partial charge is 0.287 e. The monoisotopic (exact) mass is 474 g/mol. The number of para-hydroxylation sites is 1. The van der Waals surface area contributed by atoms with Gasteiger partial charge in [0.05, 0.1) is 5.56 Å². The van der Waals surface area contributed by atoms with E-state index in [2.05, 4.69) is 95.6 Å². The van der Waals surface area contributed by atoms with Crippen molar-refractivity contribution in [3.05, 3.63) is 139 Å². The average Bonchev–Trinajstić information content (AvgIpc) is 2.95. The Morgan fingerprint density at radius 2 is 1.14 bits per heavy atom. The van der Waals surface area contributed by atoms with Crippen LogP contribution in [0.3, 0.4) is 0 Å². The Labute approximate surface area is 215 Å². The van der Waals surface area contributed by atoms with E-state index in [4.69, 9.17) is 0 Å². The van der Waals surface area contributed by atoms with Gasteiger partial charge in [0.25, 0.3) is 0 Å². The first-order valence-corrected chi connectivity index (χ1v) is 12.6. The van der Waals surface area contributed by atoms with Gasteiger partial charge in [0, 0.05) is 23.1 Å². The van der Waals surface area contributed by atoms with Crippen molar-refractivity contribution in [3.63, 3.8) is 0 Å². The third-order valence-electron chi connectivity index (χ3n) is 7.32. The summed E-state index contributed by atoms with van der Waals surface area (Å²) >= 11 is 0. The molecule has 0 N–H and O–H groups in total. The molecular weight excluding hydrogens is 450 g/mol. The van der Waals surface area contributed by atoms with Gasteiger partial charge >= 0.3 is 0 Å². The zero-order chi connectivity index (χ0) is 24.8. The number of hydrogen-bond donors (Lipinski definition) is 0. The molecule has 0 fully saturated rings. The summed E-state index contributed by atoms with van der Waals surface area (Å²) in [5.74, 6) is 0.0956. The number of nitrogens with zero attached hydrogens (tertiary/aromatic N) is 1. The molecule has 2 heteroatoms. The van der Waals surface area contributed by atoms with Gasteiger partial charge in [-0.2, -0.15) is 4.57 Å². The summed E-state index contributed by atoms with van der Waals surface area (Å²) in [6.45, 7) is 0.263. The Kier molecular flexibility index (Phi) is 5.04. The molecule has 7 rings (SSSR count). The van der Waals surface area contributed by atoms with E-state index in [1.807, 2.05) is 42.5 Å². The highest BCUT2D eigenvalue weighted by Crippen LogP contribution is 2.37. The molecular formula is C35H24NO+. The summed E-state index contributed by atoms with van der Waals surface area (Å²) < 4.78 is 2.20. The number of benzene rings is 6. The van der Waals surface area contributed by atoms with E-state index in [1.54, 1.807) is 0 Å². The first-order valence-electron chi connectivity index (χ1n) is 12.6. The highest BCUT2D eigenvalue weighted by molar-refractivity contribution is 6.15. The van der Waals surface area contributed by atoms with Crippen LogP contribution < -0.4 is 4.57 Å². The molecule has 1 heterocycles. The second-order valence-corrected chi connectivity index (χ2v) is 9.55. The number of carbonyl (C=O) groups excluding carboxylic acids is 1. The maximum absolute atomic E-state index is 13.5. The molecule has 0 unspecified atom stereocenters. The molecule has 0 amide bonds. The molecule has 0 atom stereocenters. The van der Waals surface area contributed by atoms with Crippen molar-refractivity contribution in [2.24, 2.45) is 0 Å².